The molecule has 1 fully saturated rings. The van der Waals surface area contributed by atoms with Gasteiger partial charge in [-0.1, -0.05) is 24.3 Å². The standard InChI is InChI=1S/C19H21NO3.BrH/c1-2-8-20-9-7-19-12-4-6-15(22)18(19)23-17-14(21)5-3-11(16(17)19)10-13(12)20;/h2-6,12-13,15,18,21-22H,1,7-10H2;1H/t12?,13-,15+,18+,19+;/m1./s1. The summed E-state index contributed by atoms with van der Waals surface area (Å²) in [6.07, 6.45) is 7.04. The minimum Gasteiger partial charge on any atom is -0.504 e. The number of nitrogens with zero attached hydrogens (tertiary/aromatic N) is 1. The first-order valence-electron chi connectivity index (χ1n) is 8.40. The first-order valence-corrected chi connectivity index (χ1v) is 8.40. The molecular formula is C19H22BrNO3. The summed E-state index contributed by atoms with van der Waals surface area (Å²) in [6, 6.07) is 4.17. The van der Waals surface area contributed by atoms with Gasteiger partial charge in [0, 0.05) is 29.5 Å². The van der Waals surface area contributed by atoms with E-state index < -0.39 is 6.10 Å². The molecule has 2 heterocycles. The predicted octanol–water partition coefficient (Wildman–Crippen LogP) is 2.33. The Balaban J connectivity index is 0.00000146. The SMILES string of the molecule is Br.C=CCN1CC[C@]23c4c5ccc(O)c4O[C@H]2[C@@H](O)C=CC3[C@H]1C5. The third kappa shape index (κ3) is 1.75. The summed E-state index contributed by atoms with van der Waals surface area (Å²) in [5.74, 6) is 1.13. The molecule has 5 rings (SSSR count). The smallest absolute Gasteiger partial charge is 0.165 e. The van der Waals surface area contributed by atoms with Crippen LogP contribution in [0.15, 0.2) is 36.9 Å². The van der Waals surface area contributed by atoms with Crippen LogP contribution in [0.4, 0.5) is 0 Å². The summed E-state index contributed by atoms with van der Waals surface area (Å²) in [5.41, 5.74) is 2.22. The fourth-order valence-corrected chi connectivity index (χ4v) is 5.52. The van der Waals surface area contributed by atoms with Crippen molar-refractivity contribution in [3.05, 3.63) is 48.1 Å². The van der Waals surface area contributed by atoms with Crippen LogP contribution in [0.25, 0.3) is 0 Å². The molecule has 0 aromatic heterocycles. The highest BCUT2D eigenvalue weighted by molar-refractivity contribution is 8.93. The lowest BCUT2D eigenvalue weighted by atomic mass is 9.53. The summed E-state index contributed by atoms with van der Waals surface area (Å²) >= 11 is 0. The highest BCUT2D eigenvalue weighted by Crippen LogP contribution is 2.62. The molecule has 128 valence electrons. The normalized spacial score (nSPS) is 38.0. The van der Waals surface area contributed by atoms with Gasteiger partial charge in [0.1, 0.15) is 12.2 Å². The van der Waals surface area contributed by atoms with Crippen molar-refractivity contribution in [2.75, 3.05) is 13.1 Å². The average molecular weight is 392 g/mol. The Kier molecular flexibility index (Phi) is 3.61. The van der Waals surface area contributed by atoms with Gasteiger partial charge in [0.05, 0.1) is 0 Å². The van der Waals surface area contributed by atoms with E-state index in [1.807, 2.05) is 18.2 Å². The van der Waals surface area contributed by atoms with E-state index in [0.29, 0.717) is 17.7 Å². The number of aromatic hydroxyl groups is 1. The topological polar surface area (TPSA) is 52.9 Å². The van der Waals surface area contributed by atoms with Gasteiger partial charge in [-0.25, -0.2) is 0 Å². The van der Waals surface area contributed by atoms with E-state index in [9.17, 15) is 10.2 Å². The van der Waals surface area contributed by atoms with E-state index in [-0.39, 0.29) is 34.2 Å². The highest BCUT2D eigenvalue weighted by atomic mass is 79.9. The Morgan fingerprint density at radius 3 is 3.00 bits per heavy atom. The molecule has 4 aliphatic rings. The summed E-state index contributed by atoms with van der Waals surface area (Å²) in [7, 11) is 0. The largest absolute Gasteiger partial charge is 0.504 e. The molecule has 1 saturated heterocycles. The summed E-state index contributed by atoms with van der Waals surface area (Å²) in [5, 5.41) is 20.8. The van der Waals surface area contributed by atoms with E-state index in [4.69, 9.17) is 4.74 Å². The number of piperidine rings is 1. The van der Waals surface area contributed by atoms with E-state index in [1.54, 1.807) is 6.07 Å². The third-order valence-corrected chi connectivity index (χ3v) is 6.35. The van der Waals surface area contributed by atoms with Crippen LogP contribution in [0.2, 0.25) is 0 Å². The van der Waals surface area contributed by atoms with Crippen LogP contribution in [-0.4, -0.2) is 46.5 Å². The molecule has 1 unspecified atom stereocenters. The summed E-state index contributed by atoms with van der Waals surface area (Å²) in [4.78, 5) is 2.50. The van der Waals surface area contributed by atoms with Crippen molar-refractivity contribution >= 4 is 17.0 Å². The maximum Gasteiger partial charge on any atom is 0.165 e. The van der Waals surface area contributed by atoms with Gasteiger partial charge in [0.15, 0.2) is 11.5 Å². The van der Waals surface area contributed by atoms with Crippen LogP contribution in [-0.2, 0) is 11.8 Å². The number of benzene rings is 1. The Labute approximate surface area is 152 Å². The van der Waals surface area contributed by atoms with E-state index >= 15 is 0 Å². The molecule has 0 radical (unpaired) electrons. The summed E-state index contributed by atoms with van der Waals surface area (Å²) < 4.78 is 6.13. The Morgan fingerprint density at radius 2 is 2.21 bits per heavy atom. The zero-order valence-corrected chi connectivity index (χ0v) is 15.1. The number of aliphatic hydroxyl groups excluding tert-OH is 1. The van der Waals surface area contributed by atoms with Crippen LogP contribution in [0, 0.1) is 5.92 Å². The molecule has 0 saturated carbocycles. The molecule has 24 heavy (non-hydrogen) atoms. The van der Waals surface area contributed by atoms with Crippen LogP contribution >= 0.6 is 17.0 Å². The van der Waals surface area contributed by atoms with Crippen molar-refractivity contribution in [2.45, 2.75) is 36.5 Å². The predicted molar refractivity (Wildman–Crippen MR) is 97.0 cm³/mol. The fraction of sp³-hybridized carbons (Fsp3) is 0.474. The lowest BCUT2D eigenvalue weighted by Gasteiger charge is -2.57. The number of halogens is 1. The Morgan fingerprint density at radius 1 is 1.38 bits per heavy atom. The van der Waals surface area contributed by atoms with E-state index in [2.05, 4.69) is 17.6 Å². The van der Waals surface area contributed by atoms with Crippen molar-refractivity contribution in [1.29, 1.82) is 0 Å². The molecule has 5 heteroatoms. The number of phenolic OH excluding ortho intramolecular Hbond substituents is 1. The minimum absolute atomic E-state index is 0. The number of aliphatic hydroxyl groups is 1. The molecule has 2 bridgehead atoms. The van der Waals surface area contributed by atoms with Crippen LogP contribution in [0.1, 0.15) is 17.5 Å². The van der Waals surface area contributed by atoms with Crippen LogP contribution in [0.3, 0.4) is 0 Å². The number of phenols is 1. The van der Waals surface area contributed by atoms with Gasteiger partial charge in [-0.05, 0) is 31.0 Å². The maximum absolute atomic E-state index is 10.5. The maximum atomic E-state index is 10.5. The van der Waals surface area contributed by atoms with Crippen molar-refractivity contribution in [2.24, 2.45) is 5.92 Å². The van der Waals surface area contributed by atoms with Gasteiger partial charge in [-0.2, -0.15) is 0 Å². The van der Waals surface area contributed by atoms with Gasteiger partial charge in [-0.3, -0.25) is 4.90 Å². The van der Waals surface area contributed by atoms with Gasteiger partial charge in [0.25, 0.3) is 0 Å². The van der Waals surface area contributed by atoms with Crippen molar-refractivity contribution in [3.8, 4) is 11.5 Å². The number of likely N-dealkylation sites (tertiary alicyclic amines) is 1. The molecular weight excluding hydrogens is 370 g/mol. The third-order valence-electron chi connectivity index (χ3n) is 6.35. The molecule has 1 aromatic carbocycles. The quantitative estimate of drug-likeness (QED) is 0.759. The molecule has 2 N–H and O–H groups in total. The zero-order chi connectivity index (χ0) is 15.8. The number of rotatable bonds is 2. The van der Waals surface area contributed by atoms with Crippen LogP contribution < -0.4 is 4.74 Å². The second-order valence-electron chi connectivity index (χ2n) is 7.23. The van der Waals surface area contributed by atoms with Crippen molar-refractivity contribution in [3.63, 3.8) is 0 Å². The molecule has 4 nitrogen and oxygen atoms in total. The van der Waals surface area contributed by atoms with Crippen LogP contribution in [0.5, 0.6) is 11.5 Å². The zero-order valence-electron chi connectivity index (χ0n) is 13.4. The number of hydrogen-bond acceptors (Lipinski definition) is 4. The second-order valence-corrected chi connectivity index (χ2v) is 7.23. The molecule has 0 amide bonds. The molecule has 2 aliphatic carbocycles. The van der Waals surface area contributed by atoms with Gasteiger partial charge >= 0.3 is 0 Å². The molecule has 1 spiro atoms. The lowest BCUT2D eigenvalue weighted by Crippen LogP contribution is -2.65. The molecule has 2 aliphatic heterocycles. The first kappa shape index (κ1) is 16.2. The average Bonchev–Trinajstić information content (AvgIpc) is 2.89. The molecule has 5 atom stereocenters. The Bertz CT molecular complexity index is 734. The van der Waals surface area contributed by atoms with Crippen molar-refractivity contribution < 1.29 is 14.9 Å². The lowest BCUT2D eigenvalue weighted by molar-refractivity contribution is -0.0488. The monoisotopic (exact) mass is 391 g/mol. The summed E-state index contributed by atoms with van der Waals surface area (Å²) in [6.45, 7) is 5.76. The minimum atomic E-state index is -0.615. The van der Waals surface area contributed by atoms with Crippen molar-refractivity contribution in [1.82, 2.24) is 4.90 Å². The Hall–Kier alpha value is -1.30. The van der Waals surface area contributed by atoms with E-state index in [1.165, 1.54) is 5.56 Å². The fourth-order valence-electron chi connectivity index (χ4n) is 5.52. The highest BCUT2D eigenvalue weighted by Gasteiger charge is 2.64. The van der Waals surface area contributed by atoms with Gasteiger partial charge in [0.2, 0.25) is 0 Å². The van der Waals surface area contributed by atoms with Gasteiger partial charge in [-0.15, -0.1) is 23.6 Å². The molecule has 1 aromatic rings. The first-order chi connectivity index (χ1) is 11.2. The number of hydrogen-bond donors (Lipinski definition) is 2. The second kappa shape index (κ2) is 5.35. The number of ether oxygens (including phenoxy) is 1. The van der Waals surface area contributed by atoms with E-state index in [0.717, 1.165) is 31.5 Å². The van der Waals surface area contributed by atoms with Gasteiger partial charge < -0.3 is 14.9 Å².